The average molecular weight is 755 g/mol. The molecule has 0 bridgehead atoms. The average Bonchev–Trinajstić information content (AvgIpc) is 3.64. The van der Waals surface area contributed by atoms with Crippen LogP contribution in [0.4, 0.5) is 34.4 Å². The standard InChI is InChI=1S/C53H34N6/c1-3-22-39-35(16-1)18-13-26-43(39)51-54-52(44-27-14-19-36-17-2-4-23-40(36)44)56-53(55-51)59-49-32-11-9-30-47(49)58(48-31-10-12-33-50(48)59)38-21-15-20-37(34-38)57-45-28-7-5-24-41(45)42-25-6-8-29-46(42)57/h1-34H. The van der Waals surface area contributed by atoms with Gasteiger partial charge in [-0.25, -0.2) is 4.98 Å². The Kier molecular flexibility index (Phi) is 7.43. The van der Waals surface area contributed by atoms with Crippen molar-refractivity contribution in [2.24, 2.45) is 0 Å². The highest BCUT2D eigenvalue weighted by Crippen LogP contribution is 2.54. The smallest absolute Gasteiger partial charge is 0.238 e. The summed E-state index contributed by atoms with van der Waals surface area (Å²) in [5, 5.41) is 6.91. The second-order valence-electron chi connectivity index (χ2n) is 14.9. The zero-order chi connectivity index (χ0) is 38.9. The molecule has 0 saturated heterocycles. The summed E-state index contributed by atoms with van der Waals surface area (Å²) in [6.45, 7) is 0. The van der Waals surface area contributed by atoms with Crippen LogP contribution in [0.15, 0.2) is 206 Å². The molecule has 59 heavy (non-hydrogen) atoms. The molecule has 0 amide bonds. The molecular weight excluding hydrogens is 721 g/mol. The lowest BCUT2D eigenvalue weighted by Gasteiger charge is -2.39. The summed E-state index contributed by atoms with van der Waals surface area (Å²) in [7, 11) is 0. The zero-order valence-electron chi connectivity index (χ0n) is 31.8. The maximum absolute atomic E-state index is 5.37. The van der Waals surface area contributed by atoms with Crippen molar-refractivity contribution in [3.05, 3.63) is 206 Å². The molecule has 0 fully saturated rings. The van der Waals surface area contributed by atoms with E-state index < -0.39 is 0 Å². The third kappa shape index (κ3) is 5.24. The van der Waals surface area contributed by atoms with Crippen molar-refractivity contribution in [2.75, 3.05) is 9.80 Å². The number of anilines is 6. The van der Waals surface area contributed by atoms with E-state index in [9.17, 15) is 0 Å². The van der Waals surface area contributed by atoms with Crippen LogP contribution in [0.3, 0.4) is 0 Å². The normalized spacial score (nSPS) is 12.3. The van der Waals surface area contributed by atoms with Crippen LogP contribution in [-0.2, 0) is 0 Å². The number of fused-ring (bicyclic) bond motifs is 7. The summed E-state index contributed by atoms with van der Waals surface area (Å²) in [4.78, 5) is 20.5. The minimum atomic E-state index is 0.546. The van der Waals surface area contributed by atoms with Gasteiger partial charge < -0.3 is 9.47 Å². The van der Waals surface area contributed by atoms with Gasteiger partial charge in [0.2, 0.25) is 5.95 Å². The number of aromatic nitrogens is 4. The third-order valence-electron chi connectivity index (χ3n) is 11.5. The van der Waals surface area contributed by atoms with E-state index in [0.717, 1.165) is 66.8 Å². The Labute approximate surface area is 340 Å². The van der Waals surface area contributed by atoms with Crippen LogP contribution < -0.4 is 9.80 Å². The van der Waals surface area contributed by atoms with Crippen molar-refractivity contribution in [3.63, 3.8) is 0 Å². The predicted molar refractivity (Wildman–Crippen MR) is 243 cm³/mol. The van der Waals surface area contributed by atoms with Gasteiger partial charge >= 0.3 is 0 Å². The van der Waals surface area contributed by atoms with E-state index in [1.807, 2.05) is 0 Å². The second-order valence-corrected chi connectivity index (χ2v) is 14.9. The van der Waals surface area contributed by atoms with Gasteiger partial charge in [0.1, 0.15) is 0 Å². The van der Waals surface area contributed by atoms with E-state index >= 15 is 0 Å². The van der Waals surface area contributed by atoms with Gasteiger partial charge in [-0.2, -0.15) is 9.97 Å². The molecular formula is C53H34N6. The third-order valence-corrected chi connectivity index (χ3v) is 11.5. The number of rotatable bonds is 5. The Morgan fingerprint density at radius 3 is 1.25 bits per heavy atom. The van der Waals surface area contributed by atoms with Crippen LogP contribution >= 0.6 is 0 Å². The first-order valence-corrected chi connectivity index (χ1v) is 19.9. The summed E-state index contributed by atoms with van der Waals surface area (Å²) in [6, 6.07) is 72.7. The molecule has 2 aromatic heterocycles. The van der Waals surface area contributed by atoms with Crippen molar-refractivity contribution in [2.45, 2.75) is 0 Å². The van der Waals surface area contributed by atoms with Crippen molar-refractivity contribution in [1.29, 1.82) is 0 Å². The first-order chi connectivity index (χ1) is 29.3. The molecule has 0 saturated carbocycles. The van der Waals surface area contributed by atoms with Crippen molar-refractivity contribution in [3.8, 4) is 28.5 Å². The monoisotopic (exact) mass is 754 g/mol. The van der Waals surface area contributed by atoms with E-state index in [1.165, 1.54) is 21.8 Å². The molecule has 1 aliphatic heterocycles. The predicted octanol–water partition coefficient (Wildman–Crippen LogP) is 13.9. The van der Waals surface area contributed by atoms with E-state index in [4.69, 9.17) is 15.0 Å². The number of benzene rings is 9. The van der Waals surface area contributed by atoms with Gasteiger partial charge in [-0.1, -0.05) is 152 Å². The fourth-order valence-corrected chi connectivity index (χ4v) is 8.96. The molecule has 0 atom stereocenters. The molecule has 0 radical (unpaired) electrons. The van der Waals surface area contributed by atoms with Crippen LogP contribution in [0.5, 0.6) is 0 Å². The molecule has 0 spiro atoms. The van der Waals surface area contributed by atoms with Gasteiger partial charge in [0.25, 0.3) is 0 Å². The first kappa shape index (κ1) is 33.1. The molecule has 1 aliphatic rings. The molecule has 276 valence electrons. The molecule has 0 N–H and O–H groups in total. The highest BCUT2D eigenvalue weighted by molar-refractivity contribution is 6.09. The van der Waals surface area contributed by atoms with Crippen molar-refractivity contribution < 1.29 is 0 Å². The quantitative estimate of drug-likeness (QED) is 0.175. The Morgan fingerprint density at radius 2 is 0.712 bits per heavy atom. The maximum Gasteiger partial charge on any atom is 0.238 e. The molecule has 12 rings (SSSR count). The van der Waals surface area contributed by atoms with Crippen LogP contribution in [-0.4, -0.2) is 19.5 Å². The van der Waals surface area contributed by atoms with Crippen molar-refractivity contribution >= 4 is 77.7 Å². The van der Waals surface area contributed by atoms with Crippen LogP contribution in [0.2, 0.25) is 0 Å². The number of nitrogens with zero attached hydrogens (tertiary/aromatic N) is 6. The molecule has 0 unspecified atom stereocenters. The molecule has 0 aliphatic carbocycles. The summed E-state index contributed by atoms with van der Waals surface area (Å²) in [6.07, 6.45) is 0. The summed E-state index contributed by atoms with van der Waals surface area (Å²) < 4.78 is 2.37. The van der Waals surface area contributed by atoms with Gasteiger partial charge in [-0.3, -0.25) is 4.90 Å². The van der Waals surface area contributed by atoms with Gasteiger partial charge in [0.05, 0.1) is 33.8 Å². The van der Waals surface area contributed by atoms with E-state index in [-0.39, 0.29) is 0 Å². The van der Waals surface area contributed by atoms with E-state index in [0.29, 0.717) is 17.6 Å². The summed E-state index contributed by atoms with van der Waals surface area (Å²) in [5.74, 6) is 1.78. The van der Waals surface area contributed by atoms with Gasteiger partial charge in [0, 0.05) is 33.3 Å². The van der Waals surface area contributed by atoms with Gasteiger partial charge in [0.15, 0.2) is 11.6 Å². The van der Waals surface area contributed by atoms with Crippen molar-refractivity contribution in [1.82, 2.24) is 19.5 Å². The highest BCUT2D eigenvalue weighted by Gasteiger charge is 2.32. The van der Waals surface area contributed by atoms with Crippen LogP contribution in [0.1, 0.15) is 0 Å². The maximum atomic E-state index is 5.37. The summed E-state index contributed by atoms with van der Waals surface area (Å²) in [5.41, 5.74) is 10.4. The minimum absolute atomic E-state index is 0.546. The van der Waals surface area contributed by atoms with Gasteiger partial charge in [-0.05, 0) is 76.1 Å². The highest BCUT2D eigenvalue weighted by atomic mass is 15.3. The molecule has 6 heteroatoms. The Bertz CT molecular complexity index is 3230. The lowest BCUT2D eigenvalue weighted by Crippen LogP contribution is -2.25. The van der Waals surface area contributed by atoms with Crippen LogP contribution in [0, 0.1) is 0 Å². The largest absolute Gasteiger partial charge is 0.309 e. The lowest BCUT2D eigenvalue weighted by molar-refractivity contribution is 1.01. The van der Waals surface area contributed by atoms with E-state index in [1.54, 1.807) is 0 Å². The number of hydrogen-bond donors (Lipinski definition) is 0. The van der Waals surface area contributed by atoms with E-state index in [2.05, 4.69) is 221 Å². The Balaban J connectivity index is 1.07. The van der Waals surface area contributed by atoms with Crippen LogP contribution in [0.25, 0.3) is 71.8 Å². The zero-order valence-corrected chi connectivity index (χ0v) is 31.8. The molecule has 11 aromatic rings. The second kappa shape index (κ2) is 13.3. The molecule has 6 nitrogen and oxygen atoms in total. The van der Waals surface area contributed by atoms with Gasteiger partial charge in [-0.15, -0.1) is 0 Å². The minimum Gasteiger partial charge on any atom is -0.309 e. The SMILES string of the molecule is c1cc(N2c3ccccc3N(c3nc(-c4cccc5ccccc45)nc(-c4cccc5ccccc45)n3)c3ccccc32)cc(-n2c3ccccc3c3ccccc32)c1. The number of para-hydroxylation sites is 6. The number of hydrogen-bond acceptors (Lipinski definition) is 5. The molecule has 9 aromatic carbocycles. The summed E-state index contributed by atoms with van der Waals surface area (Å²) >= 11 is 0. The first-order valence-electron chi connectivity index (χ1n) is 19.9. The lowest BCUT2D eigenvalue weighted by atomic mass is 10.0. The molecule has 3 heterocycles. The topological polar surface area (TPSA) is 50.1 Å². The Hall–Kier alpha value is -8.09. The fraction of sp³-hybridized carbons (Fsp3) is 0. The Morgan fingerprint density at radius 1 is 0.305 bits per heavy atom. The fourth-order valence-electron chi connectivity index (χ4n) is 8.96.